The lowest BCUT2D eigenvalue weighted by molar-refractivity contribution is -0.131. The van der Waals surface area contributed by atoms with E-state index < -0.39 is 23.3 Å². The number of amides is 3. The summed E-state index contributed by atoms with van der Waals surface area (Å²) in [7, 11) is 0. The Morgan fingerprint density at radius 3 is 2.73 bits per heavy atom. The largest absolute Gasteiger partial charge is 0.325 e. The van der Waals surface area contributed by atoms with Crippen molar-refractivity contribution < 1.29 is 14.0 Å². The minimum Gasteiger partial charge on any atom is -0.318 e. The maximum atomic E-state index is 13.2. The molecule has 2 heterocycles. The van der Waals surface area contributed by atoms with Crippen LogP contribution < -0.4 is 5.32 Å². The van der Waals surface area contributed by atoms with Crippen LogP contribution in [0.4, 0.5) is 9.18 Å². The Morgan fingerprint density at radius 2 is 2.05 bits per heavy atom. The number of pyridine rings is 1. The van der Waals surface area contributed by atoms with E-state index in [2.05, 4.69) is 10.3 Å². The summed E-state index contributed by atoms with van der Waals surface area (Å²) < 4.78 is 13.2. The molecule has 0 bridgehead atoms. The van der Waals surface area contributed by atoms with Crippen LogP contribution >= 0.6 is 0 Å². The Morgan fingerprint density at radius 1 is 1.23 bits per heavy atom. The Balaban J connectivity index is 1.89. The SMILES string of the molecule is C[C@@]1(c2ccccn2)NC(=O)N(Cc2cccc(F)c2)C1=O. The third-order valence-corrected chi connectivity index (χ3v) is 3.68. The van der Waals surface area contributed by atoms with E-state index in [4.69, 9.17) is 0 Å². The molecule has 1 aromatic carbocycles. The summed E-state index contributed by atoms with van der Waals surface area (Å²) in [6.45, 7) is 1.63. The molecule has 0 radical (unpaired) electrons. The van der Waals surface area contributed by atoms with Gasteiger partial charge in [-0.15, -0.1) is 0 Å². The Bertz CT molecular complexity index is 735. The van der Waals surface area contributed by atoms with E-state index in [1.54, 1.807) is 43.5 Å². The van der Waals surface area contributed by atoms with Crippen molar-refractivity contribution in [3.05, 3.63) is 65.7 Å². The molecule has 1 aliphatic rings. The second kappa shape index (κ2) is 5.22. The fourth-order valence-corrected chi connectivity index (χ4v) is 2.49. The highest BCUT2D eigenvalue weighted by molar-refractivity contribution is 6.06. The van der Waals surface area contributed by atoms with Crippen molar-refractivity contribution in [3.8, 4) is 0 Å². The first kappa shape index (κ1) is 14.2. The fourth-order valence-electron chi connectivity index (χ4n) is 2.49. The Labute approximate surface area is 126 Å². The van der Waals surface area contributed by atoms with Crippen molar-refractivity contribution in [2.45, 2.75) is 19.0 Å². The van der Waals surface area contributed by atoms with Gasteiger partial charge < -0.3 is 5.32 Å². The zero-order chi connectivity index (χ0) is 15.7. The molecule has 112 valence electrons. The smallest absolute Gasteiger partial charge is 0.318 e. The highest BCUT2D eigenvalue weighted by Crippen LogP contribution is 2.28. The molecular weight excluding hydrogens is 285 g/mol. The van der Waals surface area contributed by atoms with E-state index in [0.29, 0.717) is 11.3 Å². The number of rotatable bonds is 3. The third-order valence-electron chi connectivity index (χ3n) is 3.68. The van der Waals surface area contributed by atoms with Gasteiger partial charge in [-0.2, -0.15) is 0 Å². The molecule has 22 heavy (non-hydrogen) atoms. The zero-order valence-electron chi connectivity index (χ0n) is 11.9. The Kier molecular flexibility index (Phi) is 3.36. The number of urea groups is 1. The van der Waals surface area contributed by atoms with Crippen LogP contribution in [0.3, 0.4) is 0 Å². The van der Waals surface area contributed by atoms with Gasteiger partial charge in [0.25, 0.3) is 5.91 Å². The second-order valence-electron chi connectivity index (χ2n) is 5.29. The average molecular weight is 299 g/mol. The average Bonchev–Trinajstić information content (AvgIpc) is 2.73. The molecule has 3 amide bonds. The quantitative estimate of drug-likeness (QED) is 0.884. The van der Waals surface area contributed by atoms with E-state index in [9.17, 15) is 14.0 Å². The summed E-state index contributed by atoms with van der Waals surface area (Å²) in [5, 5.41) is 2.66. The van der Waals surface area contributed by atoms with Crippen molar-refractivity contribution in [1.82, 2.24) is 15.2 Å². The second-order valence-corrected chi connectivity index (χ2v) is 5.29. The molecule has 2 aromatic rings. The predicted molar refractivity (Wildman–Crippen MR) is 77.1 cm³/mol. The van der Waals surface area contributed by atoms with Crippen LogP contribution in [0.1, 0.15) is 18.2 Å². The lowest BCUT2D eigenvalue weighted by atomic mass is 9.97. The van der Waals surface area contributed by atoms with Gasteiger partial charge in [-0.05, 0) is 36.8 Å². The van der Waals surface area contributed by atoms with Crippen LogP contribution in [-0.4, -0.2) is 21.8 Å². The summed E-state index contributed by atoms with van der Waals surface area (Å²) in [4.78, 5) is 30.0. The number of halogens is 1. The topological polar surface area (TPSA) is 62.3 Å². The van der Waals surface area contributed by atoms with Gasteiger partial charge in [0, 0.05) is 6.20 Å². The lowest BCUT2D eigenvalue weighted by Crippen LogP contribution is -2.41. The molecule has 1 N–H and O–H groups in total. The molecule has 6 heteroatoms. The van der Waals surface area contributed by atoms with Gasteiger partial charge in [0.1, 0.15) is 5.82 Å². The fraction of sp³-hybridized carbons (Fsp3) is 0.188. The number of hydrogen-bond donors (Lipinski definition) is 1. The van der Waals surface area contributed by atoms with Crippen LogP contribution in [-0.2, 0) is 16.9 Å². The minimum atomic E-state index is -1.20. The number of benzene rings is 1. The predicted octanol–water partition coefficient (Wildman–Crippen LogP) is 2.19. The summed E-state index contributed by atoms with van der Waals surface area (Å²) in [5.41, 5.74) is -0.185. The van der Waals surface area contributed by atoms with E-state index >= 15 is 0 Å². The van der Waals surface area contributed by atoms with Crippen molar-refractivity contribution in [3.63, 3.8) is 0 Å². The number of hydrogen-bond acceptors (Lipinski definition) is 3. The Hall–Kier alpha value is -2.76. The van der Waals surface area contributed by atoms with E-state index in [0.717, 1.165) is 4.90 Å². The molecule has 0 saturated carbocycles. The van der Waals surface area contributed by atoms with Crippen LogP contribution in [0.5, 0.6) is 0 Å². The highest BCUT2D eigenvalue weighted by Gasteiger charge is 2.49. The summed E-state index contributed by atoms with van der Waals surface area (Å²) in [5.74, 6) is -0.808. The van der Waals surface area contributed by atoms with E-state index in [1.807, 2.05) is 0 Å². The number of carbonyl (C=O) groups is 2. The molecule has 0 aliphatic carbocycles. The maximum absolute atomic E-state index is 13.2. The molecular formula is C16H14FN3O2. The molecule has 1 aliphatic heterocycles. The molecule has 5 nitrogen and oxygen atoms in total. The monoisotopic (exact) mass is 299 g/mol. The molecule has 1 fully saturated rings. The number of aromatic nitrogens is 1. The van der Waals surface area contributed by atoms with Gasteiger partial charge in [-0.25, -0.2) is 9.18 Å². The standard InChI is InChI=1S/C16H14FN3O2/c1-16(13-7-2-3-8-18-13)14(21)20(15(22)19-16)10-11-5-4-6-12(17)9-11/h2-9H,10H2,1H3,(H,19,22)/t16-/m0/s1. The zero-order valence-corrected chi connectivity index (χ0v) is 11.9. The first-order valence-corrected chi connectivity index (χ1v) is 6.81. The molecule has 0 unspecified atom stereocenters. The number of nitrogens with zero attached hydrogens (tertiary/aromatic N) is 2. The summed E-state index contributed by atoms with van der Waals surface area (Å²) in [6.07, 6.45) is 1.56. The van der Waals surface area contributed by atoms with Crippen molar-refractivity contribution >= 4 is 11.9 Å². The van der Waals surface area contributed by atoms with E-state index in [1.165, 1.54) is 12.1 Å². The van der Waals surface area contributed by atoms with Crippen molar-refractivity contribution in [2.24, 2.45) is 0 Å². The van der Waals surface area contributed by atoms with Gasteiger partial charge in [-0.3, -0.25) is 14.7 Å². The van der Waals surface area contributed by atoms with Gasteiger partial charge in [0.15, 0.2) is 5.54 Å². The van der Waals surface area contributed by atoms with Gasteiger partial charge in [0.05, 0.1) is 12.2 Å². The highest BCUT2D eigenvalue weighted by atomic mass is 19.1. The number of carbonyl (C=O) groups excluding carboxylic acids is 2. The first-order valence-electron chi connectivity index (χ1n) is 6.81. The van der Waals surface area contributed by atoms with E-state index in [-0.39, 0.29) is 6.54 Å². The van der Waals surface area contributed by atoms with Crippen molar-refractivity contribution in [2.75, 3.05) is 0 Å². The van der Waals surface area contributed by atoms with Crippen molar-refractivity contribution in [1.29, 1.82) is 0 Å². The summed E-state index contributed by atoms with van der Waals surface area (Å²) in [6, 6.07) is 10.5. The molecule has 3 rings (SSSR count). The third kappa shape index (κ3) is 2.32. The lowest BCUT2D eigenvalue weighted by Gasteiger charge is -2.20. The normalized spacial score (nSPS) is 21.1. The molecule has 1 aromatic heterocycles. The van der Waals surface area contributed by atoms with Gasteiger partial charge >= 0.3 is 6.03 Å². The first-order chi connectivity index (χ1) is 10.5. The van der Waals surface area contributed by atoms with Gasteiger partial charge in [-0.1, -0.05) is 18.2 Å². The molecule has 1 saturated heterocycles. The number of nitrogens with one attached hydrogen (secondary N) is 1. The van der Waals surface area contributed by atoms with Crippen LogP contribution in [0, 0.1) is 5.82 Å². The summed E-state index contributed by atoms with van der Waals surface area (Å²) >= 11 is 0. The maximum Gasteiger partial charge on any atom is 0.325 e. The molecule has 1 atom stereocenters. The van der Waals surface area contributed by atoms with Crippen LogP contribution in [0.25, 0.3) is 0 Å². The van der Waals surface area contributed by atoms with Crippen LogP contribution in [0.2, 0.25) is 0 Å². The van der Waals surface area contributed by atoms with Gasteiger partial charge in [0.2, 0.25) is 0 Å². The molecule has 0 spiro atoms. The minimum absolute atomic E-state index is 0.0187. The van der Waals surface area contributed by atoms with Crippen LogP contribution in [0.15, 0.2) is 48.7 Å². The number of imide groups is 1.